The first-order valence-corrected chi connectivity index (χ1v) is 25.1. The van der Waals surface area contributed by atoms with E-state index in [1.165, 1.54) is 40.3 Å². The van der Waals surface area contributed by atoms with Gasteiger partial charge in [0.05, 0.1) is 38.6 Å². The molecule has 0 amide bonds. The molecule has 3 aliphatic heterocycles. The number of benzene rings is 6. The molecule has 366 valence electrons. The molecular formula is C56H66B3ClO8S2. The zero-order chi connectivity index (χ0) is 48.8. The number of aromatic hydroxyl groups is 2. The van der Waals surface area contributed by atoms with Crippen LogP contribution in [0.3, 0.4) is 0 Å². The van der Waals surface area contributed by atoms with Crippen molar-refractivity contribution in [2.75, 3.05) is 0 Å². The molecule has 3 fully saturated rings. The first-order chi connectivity index (χ1) is 31.9. The summed E-state index contributed by atoms with van der Waals surface area (Å²) >= 11 is 9.63. The molecule has 0 aliphatic carbocycles. The highest BCUT2D eigenvalue weighted by Gasteiger charge is 2.63. The minimum absolute atomic E-state index is 0. The summed E-state index contributed by atoms with van der Waals surface area (Å²) in [6, 6.07) is 40.7. The van der Waals surface area contributed by atoms with Gasteiger partial charge in [0, 0.05) is 45.8 Å². The van der Waals surface area contributed by atoms with Crippen LogP contribution >= 0.6 is 34.3 Å². The fraction of sp³-hybridized carbons (Fsp3) is 0.357. The van der Waals surface area contributed by atoms with Gasteiger partial charge < -0.3 is 38.1 Å². The van der Waals surface area contributed by atoms with Crippen LogP contribution in [-0.4, -0.2) is 65.0 Å². The van der Waals surface area contributed by atoms with Crippen LogP contribution in [0, 0.1) is 0 Å². The van der Waals surface area contributed by atoms with Crippen molar-refractivity contribution >= 4 is 101 Å². The highest BCUT2D eigenvalue weighted by atomic mass is 35.5. The molecule has 14 heteroatoms. The Morgan fingerprint density at radius 2 is 0.771 bits per heavy atom. The quantitative estimate of drug-likeness (QED) is 0.168. The predicted molar refractivity (Wildman–Crippen MR) is 299 cm³/mol. The van der Waals surface area contributed by atoms with Crippen molar-refractivity contribution in [3.63, 3.8) is 0 Å². The van der Waals surface area contributed by atoms with Gasteiger partial charge in [0.15, 0.2) is 0 Å². The van der Waals surface area contributed by atoms with Crippen molar-refractivity contribution < 1.29 is 38.1 Å². The number of phenolic OH excluding ortho intramolecular Hbond substituents is 2. The molecule has 0 bridgehead atoms. The summed E-state index contributed by atoms with van der Waals surface area (Å²) in [7, 11) is -1.55. The maximum Gasteiger partial charge on any atom is 0.498 e. The second kappa shape index (κ2) is 19.2. The molecule has 8 nitrogen and oxygen atoms in total. The second-order valence-corrected chi connectivity index (χ2v) is 23.4. The molecule has 0 radical (unpaired) electrons. The van der Waals surface area contributed by atoms with E-state index >= 15 is 0 Å². The van der Waals surface area contributed by atoms with Gasteiger partial charge in [-0.15, -0.1) is 22.7 Å². The van der Waals surface area contributed by atoms with Crippen LogP contribution in [-0.2, 0) is 27.9 Å². The lowest BCUT2D eigenvalue weighted by molar-refractivity contribution is 0.00578. The molecule has 0 unspecified atom stereocenters. The van der Waals surface area contributed by atoms with Crippen LogP contribution in [0.5, 0.6) is 11.5 Å². The first kappa shape index (κ1) is 53.4. The predicted octanol–water partition coefficient (Wildman–Crippen LogP) is 15.3. The summed E-state index contributed by atoms with van der Waals surface area (Å²) in [5.41, 5.74) is 2.69. The number of rotatable bonds is 4. The van der Waals surface area contributed by atoms with Gasteiger partial charge in [0.2, 0.25) is 0 Å². The van der Waals surface area contributed by atoms with Crippen molar-refractivity contribution in [2.24, 2.45) is 0 Å². The largest absolute Gasteiger partial charge is 0.508 e. The summed E-state index contributed by atoms with van der Waals surface area (Å²) in [6.07, 6.45) is 0. The lowest BCUT2D eigenvalue weighted by Gasteiger charge is -2.32. The molecule has 6 aromatic carbocycles. The zero-order valence-electron chi connectivity index (χ0n) is 40.8. The molecule has 0 spiro atoms. The Hall–Kier alpha value is -4.40. The number of halogens is 1. The number of thiophene rings is 2. The lowest BCUT2D eigenvalue weighted by Crippen LogP contribution is -2.41. The minimum Gasteiger partial charge on any atom is -0.508 e. The number of hydrogen-bond acceptors (Lipinski definition) is 10. The molecule has 2 aromatic heterocycles. The Balaban J connectivity index is 0.000000158. The standard InChI is InChI=1S/C24H23BO3S.C18H11ClOS.C12H24B2O4.2CH4/c1-23(2)24(3,4)28-25(27-23)19-14-15(12-13-20(19)26)16-9-7-10-18-17-8-5-6-11-21(17)29-22(16)18;19-15-10-11(8-9-16(15)20)12-5-3-6-14-13-4-1-2-7-17(13)21-18(12)14;1-9(2)10(3,4)16-13(15-9)14-17-11(5,6)12(7,8)18-14;;/h5-14,26H,1-4H3;1-10,20H;1-8H3;2*1H4. The minimum atomic E-state index is -0.596. The van der Waals surface area contributed by atoms with E-state index in [2.05, 4.69) is 84.9 Å². The van der Waals surface area contributed by atoms with E-state index in [9.17, 15) is 10.2 Å². The molecule has 0 atom stereocenters. The normalized spacial score (nSPS) is 19.1. The summed E-state index contributed by atoms with van der Waals surface area (Å²) < 4.78 is 41.3. The van der Waals surface area contributed by atoms with Gasteiger partial charge in [-0.05, 0) is 136 Å². The molecule has 3 aliphatic rings. The van der Waals surface area contributed by atoms with E-state index in [1.807, 2.05) is 107 Å². The van der Waals surface area contributed by atoms with Gasteiger partial charge in [-0.25, -0.2) is 0 Å². The summed E-state index contributed by atoms with van der Waals surface area (Å²) in [5.74, 6) is 0.305. The SMILES string of the molecule is C.C.CC1(C)OB(B2OC(C)(C)C(C)(C)O2)OC1(C)C.CC1(C)OB(c2cc(-c3cccc4c3sc3ccccc34)ccc2O)OC1(C)C.Oc1ccc(-c2cccc3c2sc2ccccc23)cc1Cl. The summed E-state index contributed by atoms with van der Waals surface area (Å²) in [6.45, 7) is 24.3. The molecular weight excluding hydrogens is 933 g/mol. The first-order valence-electron chi connectivity index (χ1n) is 23.1. The van der Waals surface area contributed by atoms with Gasteiger partial charge in [-0.1, -0.05) is 117 Å². The van der Waals surface area contributed by atoms with Gasteiger partial charge in [0.1, 0.15) is 11.5 Å². The Labute approximate surface area is 428 Å². The smallest absolute Gasteiger partial charge is 0.498 e. The third-order valence-corrected chi connectivity index (χ3v) is 17.4. The number of hydrogen-bond donors (Lipinski definition) is 2. The van der Waals surface area contributed by atoms with Crippen LogP contribution < -0.4 is 5.46 Å². The maximum absolute atomic E-state index is 10.6. The van der Waals surface area contributed by atoms with E-state index in [4.69, 9.17) is 39.5 Å². The van der Waals surface area contributed by atoms with Crippen molar-refractivity contribution in [3.8, 4) is 33.8 Å². The number of fused-ring (bicyclic) bond motifs is 6. The van der Waals surface area contributed by atoms with E-state index in [0.717, 1.165) is 22.3 Å². The number of phenols is 2. The zero-order valence-corrected chi connectivity index (χ0v) is 43.2. The topological polar surface area (TPSA) is 95.8 Å². The van der Waals surface area contributed by atoms with Crippen molar-refractivity contribution in [1.29, 1.82) is 0 Å². The van der Waals surface area contributed by atoms with Crippen LogP contribution in [0.25, 0.3) is 62.6 Å². The van der Waals surface area contributed by atoms with E-state index in [-0.39, 0.29) is 48.8 Å². The van der Waals surface area contributed by atoms with Crippen molar-refractivity contribution in [3.05, 3.63) is 126 Å². The molecule has 11 rings (SSSR count). The van der Waals surface area contributed by atoms with Gasteiger partial charge >= 0.3 is 21.1 Å². The molecule has 0 saturated carbocycles. The molecule has 3 saturated heterocycles. The van der Waals surface area contributed by atoms with Crippen LogP contribution in [0.2, 0.25) is 5.02 Å². The third-order valence-electron chi connectivity index (χ3n) is 14.7. The molecule has 8 aromatic rings. The summed E-state index contributed by atoms with van der Waals surface area (Å²) in [5, 5.41) is 25.6. The average Bonchev–Trinajstić information content (AvgIpc) is 4.02. The van der Waals surface area contributed by atoms with Crippen molar-refractivity contribution in [2.45, 2.75) is 132 Å². The molecule has 70 heavy (non-hydrogen) atoms. The van der Waals surface area contributed by atoms with Gasteiger partial charge in [-0.3, -0.25) is 0 Å². The molecule has 5 heterocycles. The average molecular weight is 999 g/mol. The second-order valence-electron chi connectivity index (χ2n) is 20.8. The van der Waals surface area contributed by atoms with Gasteiger partial charge in [0.25, 0.3) is 0 Å². The molecule has 2 N–H and O–H groups in total. The monoisotopic (exact) mass is 998 g/mol. The van der Waals surface area contributed by atoms with Crippen LogP contribution in [0.15, 0.2) is 121 Å². The fourth-order valence-corrected chi connectivity index (χ4v) is 11.2. The highest BCUT2D eigenvalue weighted by molar-refractivity contribution is 7.26. The van der Waals surface area contributed by atoms with E-state index < -0.39 is 32.3 Å². The van der Waals surface area contributed by atoms with E-state index in [0.29, 0.717) is 10.5 Å². The Kier molecular flexibility index (Phi) is 14.7. The third kappa shape index (κ3) is 9.66. The van der Waals surface area contributed by atoms with Crippen LogP contribution in [0.1, 0.15) is 97.9 Å². The Bertz CT molecular complexity index is 3110. The van der Waals surface area contributed by atoms with Gasteiger partial charge in [-0.2, -0.15) is 0 Å². The maximum atomic E-state index is 10.6. The van der Waals surface area contributed by atoms with Crippen LogP contribution in [0.4, 0.5) is 0 Å². The summed E-state index contributed by atoms with van der Waals surface area (Å²) in [4.78, 5) is 0. The Morgan fingerprint density at radius 1 is 0.414 bits per heavy atom. The Morgan fingerprint density at radius 3 is 1.19 bits per heavy atom. The fourth-order valence-electron chi connectivity index (χ4n) is 8.50. The lowest BCUT2D eigenvalue weighted by atomic mass is 9.49. The highest BCUT2D eigenvalue weighted by Crippen LogP contribution is 2.45. The van der Waals surface area contributed by atoms with Crippen molar-refractivity contribution in [1.82, 2.24) is 0 Å². The van der Waals surface area contributed by atoms with E-state index in [1.54, 1.807) is 34.8 Å².